The highest BCUT2D eigenvalue weighted by Gasteiger charge is 2.64. The predicted octanol–water partition coefficient (Wildman–Crippen LogP) is -2.40. The molecule has 8 heterocycles. The second-order valence-electron chi connectivity index (χ2n) is 31.2. The van der Waals surface area contributed by atoms with Crippen molar-refractivity contribution in [2.24, 2.45) is 35.5 Å². The minimum absolute atomic E-state index is 0.154. The Morgan fingerprint density at radius 3 is 1.17 bits per heavy atom. The van der Waals surface area contributed by atoms with E-state index < -0.39 is 240 Å². The molecular weight excluding hydrogens is 1380 g/mol. The summed E-state index contributed by atoms with van der Waals surface area (Å²) in [6.45, 7) is 21.7. The molecule has 0 saturated carbocycles. The number of β-amino-alcohol motifs (C(OH)–C–C–N with tert-alkyl or cyclic N) is 2. The summed E-state index contributed by atoms with van der Waals surface area (Å²) >= 11 is 0. The van der Waals surface area contributed by atoms with Crippen molar-refractivity contribution in [2.45, 2.75) is 256 Å². The average Bonchev–Trinajstić information content (AvgIpc) is 1.55. The van der Waals surface area contributed by atoms with Crippen LogP contribution in [0.15, 0.2) is 36.4 Å². The number of aliphatic hydroxyl groups excluding tert-OH is 4. The molecule has 0 spiro atoms. The van der Waals surface area contributed by atoms with Crippen LogP contribution in [0.25, 0.3) is 11.1 Å². The summed E-state index contributed by atoms with van der Waals surface area (Å²) < 4.78 is 11.9. The molecule has 34 heteroatoms. The third-order valence-corrected chi connectivity index (χ3v) is 22.1. The molecule has 6 saturated heterocycles. The molecule has 0 aliphatic carbocycles. The Morgan fingerprint density at radius 2 is 0.783 bits per heavy atom. The second kappa shape index (κ2) is 31.3. The van der Waals surface area contributed by atoms with Gasteiger partial charge in [0.05, 0.1) is 24.4 Å². The minimum atomic E-state index is -2.19. The van der Waals surface area contributed by atoms with E-state index in [0.29, 0.717) is 11.1 Å². The SMILES string of the molecule is CC[C@@H](C)[C@@H]1NC(=O)[C@@H]2C[C@@H](O)CNN2C(=O)[C@H](C(C)C)OC(=O)[C@@H](C(C)C)NC(=O)[C@@H]2C[C@@]3(O)c4ccc(-c5ccc6c(c5)[C@]5(O)C[C@H]7C(=O)N[C@H](C(C)C)C(=O)O[C@H](C(C)C)C(=O)N8NC[C@H](O)C[C@@H]8C(=O)N[C@@H]([C@@H](C)CC)C(=O)N[C@@H]([C@@H](C)O)C(=O)N7[C@@H]5N6)cc4N[C@H]3N2C(=O)[C@H]([C@H](C)O)NC1=O. The summed E-state index contributed by atoms with van der Waals surface area (Å²) in [4.78, 5) is 180. The molecule has 8 aliphatic rings. The molecule has 2 aromatic rings. The Hall–Kier alpha value is -8.64. The lowest BCUT2D eigenvalue weighted by molar-refractivity contribution is -0.172. The summed E-state index contributed by atoms with van der Waals surface area (Å²) in [5.41, 5.74) is 2.84. The van der Waals surface area contributed by atoms with Crippen LogP contribution in [0.3, 0.4) is 0 Å². The highest BCUT2D eigenvalue weighted by molar-refractivity contribution is 6.01. The Morgan fingerprint density at radius 1 is 0.425 bits per heavy atom. The van der Waals surface area contributed by atoms with Gasteiger partial charge in [-0.15, -0.1) is 0 Å². The highest BCUT2D eigenvalue weighted by atomic mass is 16.6. The van der Waals surface area contributed by atoms with Gasteiger partial charge in [-0.05, 0) is 78.7 Å². The molecule has 10 rings (SSSR count). The number of benzene rings is 2. The number of aliphatic hydroxyl groups is 6. The van der Waals surface area contributed by atoms with Crippen LogP contribution in [0.4, 0.5) is 11.4 Å². The van der Waals surface area contributed by atoms with Crippen molar-refractivity contribution < 1.29 is 97.6 Å². The van der Waals surface area contributed by atoms with Gasteiger partial charge in [0.1, 0.15) is 84.0 Å². The maximum absolute atomic E-state index is 15.6. The molecule has 22 atom stereocenters. The van der Waals surface area contributed by atoms with E-state index in [2.05, 4.69) is 53.4 Å². The zero-order valence-corrected chi connectivity index (χ0v) is 62.2. The van der Waals surface area contributed by atoms with Crippen molar-refractivity contribution in [1.82, 2.24) is 62.6 Å². The number of hydrazine groups is 2. The number of amides is 10. The number of anilines is 2. The molecule has 106 heavy (non-hydrogen) atoms. The van der Waals surface area contributed by atoms with Gasteiger partial charge < -0.3 is 92.4 Å². The smallest absolute Gasteiger partial charge is 0.329 e. The van der Waals surface area contributed by atoms with Gasteiger partial charge in [0.25, 0.3) is 11.8 Å². The fourth-order valence-electron chi connectivity index (χ4n) is 15.5. The van der Waals surface area contributed by atoms with Crippen LogP contribution in [-0.2, 0) is 78.2 Å². The number of rotatable bonds is 11. The largest absolute Gasteiger partial charge is 0.450 e. The van der Waals surface area contributed by atoms with Crippen molar-refractivity contribution in [3.05, 3.63) is 47.5 Å². The van der Waals surface area contributed by atoms with Gasteiger partial charge >= 0.3 is 11.9 Å². The molecule has 34 nitrogen and oxygen atoms in total. The monoisotopic (exact) mass is 1480 g/mol. The number of nitrogens with one attached hydrogen (secondary N) is 10. The fraction of sp³-hybridized carbons (Fsp3) is 0.667. The summed E-state index contributed by atoms with van der Waals surface area (Å²) in [6.07, 6.45) is -13.0. The molecule has 582 valence electrons. The normalized spacial score (nSPS) is 34.2. The van der Waals surface area contributed by atoms with Crippen LogP contribution in [0.2, 0.25) is 0 Å². The van der Waals surface area contributed by atoms with Crippen molar-refractivity contribution in [3.63, 3.8) is 0 Å². The van der Waals surface area contributed by atoms with E-state index in [1.54, 1.807) is 119 Å². The van der Waals surface area contributed by atoms with Crippen LogP contribution < -0.4 is 53.4 Å². The lowest BCUT2D eigenvalue weighted by atomic mass is 9.87. The Balaban J connectivity index is 1.00. The lowest BCUT2D eigenvalue weighted by Gasteiger charge is -2.40. The zero-order chi connectivity index (χ0) is 77.9. The number of carbonyl (C=O) groups excluding carboxylic acids is 12. The number of ether oxygens (including phenoxy) is 2. The lowest BCUT2D eigenvalue weighted by Crippen LogP contribution is -2.67. The topological polar surface area (TPSA) is 478 Å². The maximum atomic E-state index is 15.6. The molecule has 16 N–H and O–H groups in total. The van der Waals surface area contributed by atoms with Crippen molar-refractivity contribution in [3.8, 4) is 11.1 Å². The molecule has 8 aliphatic heterocycles. The number of fused-ring (bicyclic) bond motifs is 12. The van der Waals surface area contributed by atoms with Gasteiger partial charge in [0.15, 0.2) is 12.2 Å². The molecular formula is C72H104N14O20. The van der Waals surface area contributed by atoms with E-state index in [1.165, 1.54) is 13.8 Å². The molecule has 6 fully saturated rings. The van der Waals surface area contributed by atoms with Gasteiger partial charge in [-0.3, -0.25) is 58.0 Å². The standard InChI is InChI=1S/C72H104N14O20/c1-15-33(11)51-61(95)81-53(35(13)87)63(97)83-47(59(93)77-49(29(3)4)67(101)105-55(31(7)8)65(99)85-45(57(91)79-51)23-39(89)27-73-85)25-71(103)41-19-17-38(22-44(41)76-69(71)83)37-18-20-43-42(21-37)72(104)26-48-60(94)78-50(30(5)6)68(102)106-56(32(9)10)66(100)86-46(24-40(90)28-74-86)58(92)80-52(34(12)16-2)62(96)82-54(36(14)88)64(98)84(48)70(72)75-43/h17-22,29-36,39-40,45-56,69-70,73-76,87-90,103-104H,15-16,23-28H2,1-14H3,(H,77,93)(H,78,94)(H,79,91)(H,80,92)(H,81,95)(H,82,96)/t33-,34+,35+,36-,39-,40-,45+,46-,47+,48+,49-,50-,51+,52+,53+,54+,55+,56-,69+,70+,71-,72-/m1/s1. The molecule has 10 amide bonds. The van der Waals surface area contributed by atoms with Crippen LogP contribution in [-0.4, -0.2) is 244 Å². The van der Waals surface area contributed by atoms with Gasteiger partial charge in [-0.1, -0.05) is 114 Å². The summed E-state index contributed by atoms with van der Waals surface area (Å²) in [5.74, 6) is -15.8. The number of cyclic esters (lactones) is 2. The first-order valence-corrected chi connectivity index (χ1v) is 36.8. The first-order valence-electron chi connectivity index (χ1n) is 36.8. The maximum Gasteiger partial charge on any atom is 0.329 e. The van der Waals surface area contributed by atoms with E-state index in [-0.39, 0.29) is 61.3 Å². The fourth-order valence-corrected chi connectivity index (χ4v) is 15.5. The van der Waals surface area contributed by atoms with Gasteiger partial charge in [-0.2, -0.15) is 0 Å². The molecule has 2 aromatic carbocycles. The summed E-state index contributed by atoms with van der Waals surface area (Å²) in [5, 5.41) is 95.5. The van der Waals surface area contributed by atoms with Crippen LogP contribution in [0.5, 0.6) is 0 Å². The Kier molecular flexibility index (Phi) is 23.6. The number of nitrogens with zero attached hydrogens (tertiary/aromatic N) is 4. The molecule has 0 aromatic heterocycles. The zero-order valence-electron chi connectivity index (χ0n) is 62.2. The van der Waals surface area contributed by atoms with E-state index in [0.717, 1.165) is 19.8 Å². The average molecular weight is 1490 g/mol. The Bertz CT molecular complexity index is 3780. The molecule has 0 bridgehead atoms. The Labute approximate surface area is 614 Å². The van der Waals surface area contributed by atoms with E-state index >= 15 is 19.2 Å². The molecule has 0 unspecified atom stereocenters. The van der Waals surface area contributed by atoms with Crippen molar-refractivity contribution in [2.75, 3.05) is 23.7 Å². The first kappa shape index (κ1) is 79.9. The summed E-state index contributed by atoms with van der Waals surface area (Å²) in [7, 11) is 0. The van der Waals surface area contributed by atoms with Gasteiger partial charge in [0, 0.05) is 61.3 Å². The van der Waals surface area contributed by atoms with Crippen molar-refractivity contribution in [1.29, 1.82) is 0 Å². The van der Waals surface area contributed by atoms with Crippen molar-refractivity contribution >= 4 is 82.4 Å². The van der Waals surface area contributed by atoms with Gasteiger partial charge in [0.2, 0.25) is 47.3 Å². The third-order valence-electron chi connectivity index (χ3n) is 22.1. The highest BCUT2D eigenvalue weighted by Crippen LogP contribution is 2.53. The number of esters is 2. The number of hydrogen-bond donors (Lipinski definition) is 16. The van der Waals surface area contributed by atoms with Crippen LogP contribution >= 0.6 is 0 Å². The quantitative estimate of drug-likeness (QED) is 0.104. The second-order valence-corrected chi connectivity index (χ2v) is 31.2. The van der Waals surface area contributed by atoms with E-state index in [9.17, 15) is 69.0 Å². The van der Waals surface area contributed by atoms with E-state index in [1.807, 2.05) is 0 Å². The molecule has 0 radical (unpaired) electrons. The third kappa shape index (κ3) is 15.1. The minimum Gasteiger partial charge on any atom is -0.450 e. The number of carbonyl (C=O) groups is 12. The van der Waals surface area contributed by atoms with E-state index in [4.69, 9.17) is 9.47 Å². The summed E-state index contributed by atoms with van der Waals surface area (Å²) in [6, 6.07) is -6.20. The van der Waals surface area contributed by atoms with Crippen LogP contribution in [0, 0.1) is 35.5 Å². The number of hydrogen-bond acceptors (Lipinski definition) is 24. The van der Waals surface area contributed by atoms with Gasteiger partial charge in [-0.25, -0.2) is 20.4 Å². The predicted molar refractivity (Wildman–Crippen MR) is 376 cm³/mol. The van der Waals surface area contributed by atoms with Crippen LogP contribution in [0.1, 0.15) is 147 Å². The first-order chi connectivity index (χ1) is 49.8.